The van der Waals surface area contributed by atoms with Gasteiger partial charge >= 0.3 is 7.60 Å². The van der Waals surface area contributed by atoms with Gasteiger partial charge in [0.1, 0.15) is 11.3 Å². The molecule has 11 heteroatoms. The largest absolute Gasteiger partial charge is 0.356 e. The lowest BCUT2D eigenvalue weighted by Crippen LogP contribution is -2.32. The van der Waals surface area contributed by atoms with Crippen molar-refractivity contribution in [1.29, 1.82) is 0 Å². The molecule has 4 N–H and O–H groups in total. The number of nitrogens with one attached hydrogen (secondary N) is 2. The van der Waals surface area contributed by atoms with Crippen molar-refractivity contribution < 1.29 is 19.1 Å². The molecule has 0 fully saturated rings. The number of amides is 1. The Labute approximate surface area is 158 Å². The van der Waals surface area contributed by atoms with Crippen LogP contribution in [-0.2, 0) is 4.57 Å². The van der Waals surface area contributed by atoms with Crippen LogP contribution in [0, 0.1) is 0 Å². The number of benzene rings is 1. The second-order valence-corrected chi connectivity index (χ2v) is 7.52. The Hall–Kier alpha value is -3.20. The molecule has 28 heavy (non-hydrogen) atoms. The minimum Gasteiger partial charge on any atom is -0.345 e. The molecular weight excluding hydrogens is 385 g/mol. The second kappa shape index (κ2) is 7.81. The molecule has 1 unspecified atom stereocenters. The van der Waals surface area contributed by atoms with Crippen LogP contribution in [0.5, 0.6) is 0 Å². The van der Waals surface area contributed by atoms with Gasteiger partial charge in [0.05, 0.1) is 11.3 Å². The minimum atomic E-state index is -4.33. The van der Waals surface area contributed by atoms with Crippen LogP contribution in [0.4, 0.5) is 0 Å². The molecule has 144 valence electrons. The lowest BCUT2D eigenvalue weighted by molar-refractivity contribution is 0.0938. The Morgan fingerprint density at radius 3 is 2.50 bits per heavy atom. The molecule has 0 bridgehead atoms. The third-order valence-corrected chi connectivity index (χ3v) is 4.91. The van der Waals surface area contributed by atoms with E-state index in [4.69, 9.17) is 9.79 Å². The molecule has 10 nitrogen and oxygen atoms in total. The van der Waals surface area contributed by atoms with Crippen molar-refractivity contribution >= 4 is 18.8 Å². The van der Waals surface area contributed by atoms with Gasteiger partial charge in [-0.3, -0.25) is 14.2 Å². The second-order valence-electron chi connectivity index (χ2n) is 5.91. The predicted octanol–water partition coefficient (Wildman–Crippen LogP) is 0.521. The highest BCUT2D eigenvalue weighted by Gasteiger charge is 2.19. The average molecular weight is 401 g/mol. The van der Waals surface area contributed by atoms with Crippen LogP contribution in [0.3, 0.4) is 0 Å². The van der Waals surface area contributed by atoms with Crippen LogP contribution >= 0.6 is 7.60 Å². The molecule has 3 rings (SSSR count). The van der Waals surface area contributed by atoms with Gasteiger partial charge in [0, 0.05) is 12.4 Å². The minimum absolute atomic E-state index is 0.116. The molecule has 1 aromatic carbocycles. The van der Waals surface area contributed by atoms with E-state index in [-0.39, 0.29) is 16.7 Å². The summed E-state index contributed by atoms with van der Waals surface area (Å²) in [7, 11) is -4.33. The number of nitrogens with zero attached hydrogens (tertiary/aromatic N) is 3. The number of rotatable bonds is 5. The first-order valence-electron chi connectivity index (χ1n) is 8.10. The molecule has 0 aliphatic heterocycles. The highest BCUT2D eigenvalue weighted by molar-refractivity contribution is 7.60. The van der Waals surface area contributed by atoms with Gasteiger partial charge in [-0.25, -0.2) is 4.98 Å². The molecule has 1 atom stereocenters. The Morgan fingerprint density at radius 1 is 1.21 bits per heavy atom. The van der Waals surface area contributed by atoms with E-state index in [1.165, 1.54) is 30.5 Å². The van der Waals surface area contributed by atoms with Crippen molar-refractivity contribution in [1.82, 2.24) is 25.5 Å². The zero-order chi connectivity index (χ0) is 20.3. The molecule has 0 radical (unpaired) electrons. The summed E-state index contributed by atoms with van der Waals surface area (Å²) in [5.41, 5.74) is 0.180. The summed E-state index contributed by atoms with van der Waals surface area (Å²) in [5.74, 6) is -0.443. The first-order chi connectivity index (χ1) is 13.3. The Morgan fingerprint density at radius 2 is 1.93 bits per heavy atom. The summed E-state index contributed by atoms with van der Waals surface area (Å²) in [5, 5.41) is 10.1. The van der Waals surface area contributed by atoms with Crippen LogP contribution in [0.15, 0.2) is 53.6 Å². The fourth-order valence-corrected chi connectivity index (χ4v) is 2.97. The van der Waals surface area contributed by atoms with Crippen LogP contribution in [0.25, 0.3) is 11.5 Å². The summed E-state index contributed by atoms with van der Waals surface area (Å²) in [6.07, 6.45) is 2.64. The number of carbonyl (C=O) groups excluding carboxylic acids is 1. The maximum Gasteiger partial charge on any atom is 0.356 e. The van der Waals surface area contributed by atoms with Crippen molar-refractivity contribution in [2.24, 2.45) is 0 Å². The van der Waals surface area contributed by atoms with Crippen LogP contribution in [0.1, 0.15) is 28.9 Å². The molecular formula is C17H16N5O5P. The predicted molar refractivity (Wildman–Crippen MR) is 99.9 cm³/mol. The van der Waals surface area contributed by atoms with Crippen LogP contribution in [-0.4, -0.2) is 35.9 Å². The number of hydrogen-bond donors (Lipinski definition) is 4. The quantitative estimate of drug-likeness (QED) is 0.451. The monoisotopic (exact) mass is 401 g/mol. The van der Waals surface area contributed by atoms with Gasteiger partial charge in [-0.05, 0) is 36.8 Å². The number of aromatic nitrogens is 4. The van der Waals surface area contributed by atoms with E-state index in [0.717, 1.165) is 6.20 Å². The highest BCUT2D eigenvalue weighted by atomic mass is 31.2. The van der Waals surface area contributed by atoms with Crippen LogP contribution < -0.4 is 16.2 Å². The highest BCUT2D eigenvalue weighted by Crippen LogP contribution is 2.33. The van der Waals surface area contributed by atoms with Gasteiger partial charge < -0.3 is 20.1 Å². The van der Waals surface area contributed by atoms with Crippen molar-refractivity contribution in [2.45, 2.75) is 13.0 Å². The molecule has 0 spiro atoms. The first kappa shape index (κ1) is 19.6. The first-order valence-corrected chi connectivity index (χ1v) is 9.71. The number of hydrogen-bond acceptors (Lipinski definition) is 6. The van der Waals surface area contributed by atoms with E-state index < -0.39 is 25.1 Å². The number of aromatic amines is 1. The van der Waals surface area contributed by atoms with Gasteiger partial charge in [-0.15, -0.1) is 5.10 Å². The average Bonchev–Trinajstić information content (AvgIpc) is 2.68. The summed E-state index contributed by atoms with van der Waals surface area (Å²) in [6, 6.07) is 8.35. The molecule has 0 saturated heterocycles. The molecule has 0 aliphatic carbocycles. The summed E-state index contributed by atoms with van der Waals surface area (Å²) >= 11 is 0. The lowest BCUT2D eigenvalue weighted by atomic mass is 10.1. The van der Waals surface area contributed by atoms with E-state index in [1.54, 1.807) is 19.1 Å². The Balaban J connectivity index is 1.75. The standard InChI is InChI=1S/C17H16N5O5P/c1-10(11-4-6-12(7-5-11)28(25,26)27)20-16(23)13-9-18-15(21-17(13)24)14-3-2-8-19-22-14/h2-10H,1H3,(H,20,23)(H,18,21,24)(H2,25,26,27). The maximum atomic E-state index is 12.4. The zero-order valence-electron chi connectivity index (χ0n) is 14.6. The Bertz CT molecular complexity index is 1090. The molecule has 1 amide bonds. The van der Waals surface area contributed by atoms with E-state index in [9.17, 15) is 14.2 Å². The van der Waals surface area contributed by atoms with Crippen LogP contribution in [0.2, 0.25) is 0 Å². The summed E-state index contributed by atoms with van der Waals surface area (Å²) in [6.45, 7) is 1.68. The maximum absolute atomic E-state index is 12.4. The molecule has 2 heterocycles. The van der Waals surface area contributed by atoms with Crippen molar-refractivity contribution in [3.63, 3.8) is 0 Å². The van der Waals surface area contributed by atoms with Crippen molar-refractivity contribution in [3.05, 3.63) is 70.3 Å². The smallest absolute Gasteiger partial charge is 0.345 e. The normalized spacial score (nSPS) is 12.4. The van der Waals surface area contributed by atoms with E-state index in [1.807, 2.05) is 0 Å². The summed E-state index contributed by atoms with van der Waals surface area (Å²) < 4.78 is 11.2. The van der Waals surface area contributed by atoms with E-state index >= 15 is 0 Å². The Kier molecular flexibility index (Phi) is 5.46. The summed E-state index contributed by atoms with van der Waals surface area (Å²) in [4.78, 5) is 49.4. The SMILES string of the molecule is CC(NC(=O)c1cnc(-c2cccnn2)[nH]c1=O)c1ccc(P(=O)(O)O)cc1. The fourth-order valence-electron chi connectivity index (χ4n) is 2.43. The molecule has 2 aromatic heterocycles. The van der Waals surface area contributed by atoms with Gasteiger partial charge in [-0.1, -0.05) is 12.1 Å². The zero-order valence-corrected chi connectivity index (χ0v) is 15.5. The van der Waals surface area contributed by atoms with Gasteiger partial charge in [-0.2, -0.15) is 5.10 Å². The van der Waals surface area contributed by atoms with Gasteiger partial charge in [0.2, 0.25) is 0 Å². The van der Waals surface area contributed by atoms with Gasteiger partial charge in [0.15, 0.2) is 5.82 Å². The van der Waals surface area contributed by atoms with Crippen molar-refractivity contribution in [2.75, 3.05) is 0 Å². The fraction of sp³-hybridized carbons (Fsp3) is 0.118. The van der Waals surface area contributed by atoms with Gasteiger partial charge in [0.25, 0.3) is 11.5 Å². The molecule has 0 saturated carbocycles. The third kappa shape index (κ3) is 4.37. The molecule has 3 aromatic rings. The lowest BCUT2D eigenvalue weighted by Gasteiger charge is -2.15. The van der Waals surface area contributed by atoms with E-state index in [2.05, 4.69) is 25.5 Å². The van der Waals surface area contributed by atoms with E-state index in [0.29, 0.717) is 11.3 Å². The third-order valence-electron chi connectivity index (χ3n) is 3.94. The topological polar surface area (TPSA) is 158 Å². The number of H-pyrrole nitrogens is 1. The molecule has 0 aliphatic rings. The number of carbonyl (C=O) groups is 1. The van der Waals surface area contributed by atoms with Crippen molar-refractivity contribution in [3.8, 4) is 11.5 Å².